The monoisotopic (exact) mass is 621 g/mol. The van der Waals surface area contributed by atoms with Gasteiger partial charge in [-0.1, -0.05) is 23.4 Å². The summed E-state index contributed by atoms with van der Waals surface area (Å²) < 4.78 is 11.1. The Bertz CT molecular complexity index is 1490. The van der Waals surface area contributed by atoms with Gasteiger partial charge in [0, 0.05) is 47.9 Å². The number of para-hydroxylation sites is 1. The minimum atomic E-state index is -0.730. The fourth-order valence-corrected chi connectivity index (χ4v) is 5.63. The number of carbonyl (C=O) groups excluding carboxylic acids is 4. The molecule has 0 spiro atoms. The Hall–Kier alpha value is -4.75. The van der Waals surface area contributed by atoms with Crippen molar-refractivity contribution >= 4 is 40.9 Å². The number of amidine groups is 1. The summed E-state index contributed by atoms with van der Waals surface area (Å²) in [6, 6.07) is 16.5. The largest absolute Gasteiger partial charge is 0.457 e. The van der Waals surface area contributed by atoms with Crippen molar-refractivity contribution in [2.45, 2.75) is 32.4 Å². The number of carbonyl (C=O) groups is 4. The van der Waals surface area contributed by atoms with Crippen molar-refractivity contribution in [3.05, 3.63) is 82.0 Å². The number of ether oxygens (including phenoxy) is 2. The fourth-order valence-electron chi connectivity index (χ4n) is 4.72. The molecule has 1 fully saturated rings. The van der Waals surface area contributed by atoms with Crippen LogP contribution in [-0.2, 0) is 24.0 Å². The second kappa shape index (κ2) is 15.1. The van der Waals surface area contributed by atoms with E-state index in [4.69, 9.17) is 15.2 Å². The second-order valence-electron chi connectivity index (χ2n) is 10.3. The lowest BCUT2D eigenvalue weighted by molar-refractivity contribution is -0.141. The fraction of sp³-hybridized carbons (Fsp3) is 0.323. The molecule has 3 amide bonds. The molecule has 4 rings (SSSR count). The molecular weight excluding hydrogens is 586 g/mol. The first-order valence-electron chi connectivity index (χ1n) is 13.9. The molecule has 1 aliphatic rings. The summed E-state index contributed by atoms with van der Waals surface area (Å²) >= 11 is 1.36. The Morgan fingerprint density at radius 2 is 1.77 bits per heavy atom. The number of likely N-dealkylation sites (tertiary alicyclic amines) is 1. The molecule has 0 unspecified atom stereocenters. The molecule has 3 atom stereocenters. The maximum Gasteiger partial charge on any atom is 0.332 e. The summed E-state index contributed by atoms with van der Waals surface area (Å²) in [7, 11) is 1.57. The van der Waals surface area contributed by atoms with Gasteiger partial charge in [-0.05, 0) is 55.8 Å². The van der Waals surface area contributed by atoms with Crippen LogP contribution in [0.2, 0.25) is 0 Å². The minimum Gasteiger partial charge on any atom is -0.457 e. The number of benzene rings is 2. The first-order valence-corrected chi connectivity index (χ1v) is 14.8. The number of nitrogens with one attached hydrogen (secondary N) is 2. The van der Waals surface area contributed by atoms with Gasteiger partial charge in [-0.15, -0.1) is 11.3 Å². The van der Waals surface area contributed by atoms with E-state index in [1.807, 2.05) is 37.3 Å². The SMILES string of the molecule is COC[C@H]1C[C@@H](C(=O)N[C@H](C)c2cc(/C(N)=N/OC(C)=O)cs2)N(C(=O)CNC(=O)c2ccc(Oc3ccccc3)cc2)C1. The van der Waals surface area contributed by atoms with Gasteiger partial charge >= 0.3 is 5.97 Å². The summed E-state index contributed by atoms with van der Waals surface area (Å²) in [4.78, 5) is 57.3. The van der Waals surface area contributed by atoms with E-state index in [0.29, 0.717) is 42.2 Å². The van der Waals surface area contributed by atoms with Crippen molar-refractivity contribution in [2.24, 2.45) is 16.8 Å². The number of nitrogens with two attached hydrogens (primary N) is 1. The van der Waals surface area contributed by atoms with Crippen molar-refractivity contribution in [2.75, 3.05) is 26.8 Å². The van der Waals surface area contributed by atoms with E-state index in [1.165, 1.54) is 23.2 Å². The van der Waals surface area contributed by atoms with Gasteiger partial charge in [0.15, 0.2) is 5.84 Å². The van der Waals surface area contributed by atoms with Crippen LogP contribution < -0.4 is 21.1 Å². The van der Waals surface area contributed by atoms with Crippen LogP contribution in [0, 0.1) is 5.92 Å². The lowest BCUT2D eigenvalue weighted by Crippen LogP contribution is -2.49. The quantitative estimate of drug-likeness (QED) is 0.120. The van der Waals surface area contributed by atoms with Crippen LogP contribution in [0.15, 0.2) is 71.2 Å². The zero-order valence-corrected chi connectivity index (χ0v) is 25.5. The van der Waals surface area contributed by atoms with E-state index in [-0.39, 0.29) is 30.1 Å². The van der Waals surface area contributed by atoms with E-state index < -0.39 is 24.0 Å². The van der Waals surface area contributed by atoms with Gasteiger partial charge in [0.2, 0.25) is 11.8 Å². The van der Waals surface area contributed by atoms with Crippen LogP contribution in [0.4, 0.5) is 0 Å². The number of oxime groups is 1. The lowest BCUT2D eigenvalue weighted by atomic mass is 10.1. The van der Waals surface area contributed by atoms with Crippen LogP contribution in [0.25, 0.3) is 0 Å². The van der Waals surface area contributed by atoms with Crippen LogP contribution >= 0.6 is 11.3 Å². The molecule has 2 aromatic carbocycles. The maximum atomic E-state index is 13.4. The first kappa shape index (κ1) is 32.2. The standard InChI is InChI=1S/C31H35N5O7S/c1-19(27-14-23(18-44-27)29(32)35-43-20(2)37)34-31(40)26-13-21(17-41-3)16-36(26)28(38)15-33-30(39)22-9-11-25(12-10-22)42-24-7-5-4-6-8-24/h4-12,14,18-19,21,26H,13,15-17H2,1-3H3,(H2,32,35)(H,33,39)(H,34,40)/t19-,21+,26+/m1/s1. The highest BCUT2D eigenvalue weighted by molar-refractivity contribution is 7.10. The number of hydrogen-bond donors (Lipinski definition) is 3. The molecule has 0 radical (unpaired) electrons. The van der Waals surface area contributed by atoms with Gasteiger partial charge in [-0.25, -0.2) is 4.79 Å². The van der Waals surface area contributed by atoms with Crippen LogP contribution in [0.1, 0.15) is 47.1 Å². The summed E-state index contributed by atoms with van der Waals surface area (Å²) in [6.07, 6.45) is 0.423. The Kier molecular flexibility index (Phi) is 11.1. The van der Waals surface area contributed by atoms with Crippen molar-refractivity contribution in [3.8, 4) is 11.5 Å². The number of amides is 3. The molecule has 12 nitrogen and oxygen atoms in total. The average molecular weight is 622 g/mol. The van der Waals surface area contributed by atoms with E-state index in [1.54, 1.807) is 42.8 Å². The van der Waals surface area contributed by atoms with Crippen molar-refractivity contribution < 1.29 is 33.5 Å². The van der Waals surface area contributed by atoms with Crippen LogP contribution in [-0.4, -0.2) is 67.3 Å². The zero-order valence-electron chi connectivity index (χ0n) is 24.6. The highest BCUT2D eigenvalue weighted by atomic mass is 32.1. The van der Waals surface area contributed by atoms with Crippen LogP contribution in [0.3, 0.4) is 0 Å². The summed E-state index contributed by atoms with van der Waals surface area (Å²) in [5, 5.41) is 11.0. The average Bonchev–Trinajstić information content (AvgIpc) is 3.68. The first-order chi connectivity index (χ1) is 21.1. The van der Waals surface area contributed by atoms with E-state index in [9.17, 15) is 19.2 Å². The second-order valence-corrected chi connectivity index (χ2v) is 11.2. The van der Waals surface area contributed by atoms with Gasteiger partial charge in [0.1, 0.15) is 17.5 Å². The molecule has 232 valence electrons. The number of methoxy groups -OCH3 is 1. The molecule has 4 N–H and O–H groups in total. The van der Waals surface area contributed by atoms with Crippen molar-refractivity contribution in [3.63, 3.8) is 0 Å². The number of thiophene rings is 1. The van der Waals surface area contributed by atoms with Gasteiger partial charge in [0.25, 0.3) is 5.91 Å². The third-order valence-corrected chi connectivity index (χ3v) is 8.00. The van der Waals surface area contributed by atoms with Crippen LogP contribution in [0.5, 0.6) is 11.5 Å². The van der Waals surface area contributed by atoms with E-state index in [0.717, 1.165) is 4.88 Å². The van der Waals surface area contributed by atoms with Crippen molar-refractivity contribution in [1.29, 1.82) is 0 Å². The molecule has 13 heteroatoms. The highest BCUT2D eigenvalue weighted by Gasteiger charge is 2.40. The molecule has 3 aromatic rings. The highest BCUT2D eigenvalue weighted by Crippen LogP contribution is 2.27. The van der Waals surface area contributed by atoms with E-state index >= 15 is 0 Å². The molecule has 0 saturated carbocycles. The van der Waals surface area contributed by atoms with Gasteiger partial charge < -0.3 is 35.6 Å². The number of nitrogens with zero attached hydrogens (tertiary/aromatic N) is 2. The van der Waals surface area contributed by atoms with Gasteiger partial charge in [-0.3, -0.25) is 14.4 Å². The molecular formula is C31H35N5O7S. The molecule has 0 aliphatic carbocycles. The van der Waals surface area contributed by atoms with Gasteiger partial charge in [0.05, 0.1) is 19.2 Å². The molecule has 0 bridgehead atoms. The minimum absolute atomic E-state index is 0.0338. The smallest absolute Gasteiger partial charge is 0.332 e. The lowest BCUT2D eigenvalue weighted by Gasteiger charge is -2.25. The summed E-state index contributed by atoms with van der Waals surface area (Å²) in [5.41, 5.74) is 6.80. The predicted octanol–water partition coefficient (Wildman–Crippen LogP) is 3.19. The third kappa shape index (κ3) is 8.64. The molecule has 1 aromatic heterocycles. The number of hydrogen-bond acceptors (Lipinski definition) is 9. The summed E-state index contributed by atoms with van der Waals surface area (Å²) in [5.74, 6) is -0.445. The van der Waals surface area contributed by atoms with Crippen molar-refractivity contribution in [1.82, 2.24) is 15.5 Å². The zero-order chi connectivity index (χ0) is 31.6. The Labute approximate surface area is 259 Å². The van der Waals surface area contributed by atoms with Gasteiger partial charge in [-0.2, -0.15) is 0 Å². The predicted molar refractivity (Wildman–Crippen MR) is 164 cm³/mol. The normalized spacial score (nSPS) is 17.1. The Morgan fingerprint density at radius 1 is 1.07 bits per heavy atom. The topological polar surface area (TPSA) is 162 Å². The van der Waals surface area contributed by atoms with E-state index in [2.05, 4.69) is 20.6 Å². The third-order valence-electron chi connectivity index (χ3n) is 6.88. The molecule has 1 aliphatic heterocycles. The Morgan fingerprint density at radius 3 is 2.45 bits per heavy atom. The summed E-state index contributed by atoms with van der Waals surface area (Å²) in [6.45, 7) is 3.48. The maximum absolute atomic E-state index is 13.4. The molecule has 1 saturated heterocycles. The molecule has 2 heterocycles. The Balaban J connectivity index is 1.34. The molecule has 44 heavy (non-hydrogen) atoms. The number of rotatable bonds is 12.